The van der Waals surface area contributed by atoms with E-state index in [4.69, 9.17) is 0 Å². The molecular weight excluding hydrogens is 202 g/mol. The number of amides is 2. The van der Waals surface area contributed by atoms with Crippen LogP contribution in [0.15, 0.2) is 48.3 Å². The van der Waals surface area contributed by atoms with Crippen LogP contribution in [0, 0.1) is 0 Å². The van der Waals surface area contributed by atoms with Gasteiger partial charge in [-0.15, -0.1) is 0 Å². The van der Waals surface area contributed by atoms with E-state index >= 15 is 0 Å². The normalized spacial score (nSPS) is 14.1. The van der Waals surface area contributed by atoms with Gasteiger partial charge in [-0.05, 0) is 31.1 Å². The standard InChI is InChI=1S/C12H13N3O/c16-12(14-10-6-2-1-3-7-10)15-11-8-4-5-9-13-11/h2,4-9H,1,3H2,(H2,13,14,15,16). The first-order chi connectivity index (χ1) is 7.84. The van der Waals surface area contributed by atoms with Crippen molar-refractivity contribution >= 4 is 11.8 Å². The largest absolute Gasteiger partial charge is 0.324 e. The maximum Gasteiger partial charge on any atom is 0.324 e. The zero-order chi connectivity index (χ0) is 11.2. The number of carbonyl (C=O) groups is 1. The lowest BCUT2D eigenvalue weighted by molar-refractivity contribution is 0.254. The fraction of sp³-hybridized carbons (Fsp3) is 0.167. The van der Waals surface area contributed by atoms with Gasteiger partial charge in [-0.3, -0.25) is 5.32 Å². The van der Waals surface area contributed by atoms with Gasteiger partial charge in [0.25, 0.3) is 0 Å². The zero-order valence-electron chi connectivity index (χ0n) is 8.81. The molecule has 0 atom stereocenters. The minimum atomic E-state index is -0.267. The Kier molecular flexibility index (Phi) is 3.33. The molecule has 0 fully saturated rings. The number of nitrogens with one attached hydrogen (secondary N) is 2. The van der Waals surface area contributed by atoms with E-state index < -0.39 is 0 Å². The maximum absolute atomic E-state index is 11.5. The van der Waals surface area contributed by atoms with Crippen LogP contribution < -0.4 is 10.6 Å². The highest BCUT2D eigenvalue weighted by atomic mass is 16.2. The second kappa shape index (κ2) is 5.11. The van der Waals surface area contributed by atoms with E-state index in [1.54, 1.807) is 18.3 Å². The van der Waals surface area contributed by atoms with Crippen LogP contribution in [0.1, 0.15) is 12.8 Å². The fourth-order valence-electron chi connectivity index (χ4n) is 1.42. The summed E-state index contributed by atoms with van der Waals surface area (Å²) in [5.41, 5.74) is 0.833. The predicted octanol–water partition coefficient (Wildman–Crippen LogP) is 2.44. The zero-order valence-corrected chi connectivity index (χ0v) is 8.81. The highest BCUT2D eigenvalue weighted by Gasteiger charge is 2.04. The minimum absolute atomic E-state index is 0.267. The summed E-state index contributed by atoms with van der Waals surface area (Å²) in [5.74, 6) is 0.542. The first kappa shape index (κ1) is 10.4. The second-order valence-corrected chi connectivity index (χ2v) is 3.43. The molecule has 0 saturated carbocycles. The molecule has 0 unspecified atom stereocenters. The van der Waals surface area contributed by atoms with E-state index in [-0.39, 0.29) is 6.03 Å². The highest BCUT2D eigenvalue weighted by molar-refractivity contribution is 5.89. The number of rotatable bonds is 2. The number of urea groups is 1. The molecule has 2 rings (SSSR count). The summed E-state index contributed by atoms with van der Waals surface area (Å²) in [6, 6.07) is 5.10. The van der Waals surface area contributed by atoms with Crippen molar-refractivity contribution in [3.05, 3.63) is 48.3 Å². The Labute approximate surface area is 94.1 Å². The van der Waals surface area contributed by atoms with E-state index in [1.165, 1.54) is 0 Å². The fourth-order valence-corrected chi connectivity index (χ4v) is 1.42. The van der Waals surface area contributed by atoms with Crippen LogP contribution in [-0.2, 0) is 0 Å². The molecule has 0 aromatic carbocycles. The molecule has 82 valence electrons. The number of carbonyl (C=O) groups excluding carboxylic acids is 1. The average molecular weight is 215 g/mol. The summed E-state index contributed by atoms with van der Waals surface area (Å²) in [6.07, 6.45) is 9.58. The molecule has 0 bridgehead atoms. The molecule has 1 aromatic heterocycles. The topological polar surface area (TPSA) is 54.0 Å². The van der Waals surface area contributed by atoms with Crippen LogP contribution in [0.5, 0.6) is 0 Å². The second-order valence-electron chi connectivity index (χ2n) is 3.43. The molecule has 1 aliphatic rings. The van der Waals surface area contributed by atoms with Crippen molar-refractivity contribution in [1.29, 1.82) is 0 Å². The van der Waals surface area contributed by atoms with Crippen molar-refractivity contribution in [2.75, 3.05) is 5.32 Å². The molecule has 1 heterocycles. The molecule has 1 aliphatic carbocycles. The third kappa shape index (κ3) is 2.95. The summed E-state index contributed by atoms with van der Waals surface area (Å²) in [5, 5.41) is 5.40. The number of anilines is 1. The van der Waals surface area contributed by atoms with Crippen molar-refractivity contribution in [2.24, 2.45) is 0 Å². The van der Waals surface area contributed by atoms with Gasteiger partial charge in [0.05, 0.1) is 0 Å². The smallest absolute Gasteiger partial charge is 0.308 e. The number of allylic oxidation sites excluding steroid dienone is 3. The van der Waals surface area contributed by atoms with Gasteiger partial charge in [0.1, 0.15) is 5.82 Å². The molecule has 1 aromatic rings. The van der Waals surface area contributed by atoms with E-state index in [9.17, 15) is 4.79 Å². The van der Waals surface area contributed by atoms with E-state index in [1.807, 2.05) is 24.3 Å². The number of pyridine rings is 1. The van der Waals surface area contributed by atoms with Crippen LogP contribution in [0.3, 0.4) is 0 Å². The lowest BCUT2D eigenvalue weighted by atomic mass is 10.1. The van der Waals surface area contributed by atoms with Crippen LogP contribution in [0.4, 0.5) is 10.6 Å². The molecule has 4 nitrogen and oxygen atoms in total. The number of hydrogen-bond acceptors (Lipinski definition) is 2. The first-order valence-electron chi connectivity index (χ1n) is 5.20. The third-order valence-electron chi connectivity index (χ3n) is 2.16. The van der Waals surface area contributed by atoms with Gasteiger partial charge in [-0.1, -0.05) is 18.2 Å². The highest BCUT2D eigenvalue weighted by Crippen LogP contribution is 2.07. The molecule has 0 saturated heterocycles. The Morgan fingerprint density at radius 3 is 2.88 bits per heavy atom. The average Bonchev–Trinajstić information content (AvgIpc) is 2.31. The Morgan fingerprint density at radius 2 is 2.19 bits per heavy atom. The molecule has 16 heavy (non-hydrogen) atoms. The van der Waals surface area contributed by atoms with Gasteiger partial charge in [0, 0.05) is 11.9 Å². The third-order valence-corrected chi connectivity index (χ3v) is 2.16. The van der Waals surface area contributed by atoms with Crippen LogP contribution in [-0.4, -0.2) is 11.0 Å². The van der Waals surface area contributed by atoms with Crippen LogP contribution in [0.2, 0.25) is 0 Å². The summed E-state index contributed by atoms with van der Waals surface area (Å²) >= 11 is 0. The van der Waals surface area contributed by atoms with Gasteiger partial charge in [0.2, 0.25) is 0 Å². The van der Waals surface area contributed by atoms with Gasteiger partial charge in [0.15, 0.2) is 0 Å². The van der Waals surface area contributed by atoms with Crippen molar-refractivity contribution in [2.45, 2.75) is 12.8 Å². The Hall–Kier alpha value is -2.10. The van der Waals surface area contributed by atoms with Crippen molar-refractivity contribution < 1.29 is 4.79 Å². The number of aromatic nitrogens is 1. The summed E-state index contributed by atoms with van der Waals surface area (Å²) in [6.45, 7) is 0. The molecule has 2 amide bonds. The van der Waals surface area contributed by atoms with E-state index in [0.29, 0.717) is 5.82 Å². The van der Waals surface area contributed by atoms with E-state index in [2.05, 4.69) is 15.6 Å². The molecule has 0 aliphatic heterocycles. The molecule has 4 heteroatoms. The van der Waals surface area contributed by atoms with E-state index in [0.717, 1.165) is 18.5 Å². The van der Waals surface area contributed by atoms with Crippen molar-refractivity contribution in [3.8, 4) is 0 Å². The number of nitrogens with zero attached hydrogens (tertiary/aromatic N) is 1. The monoisotopic (exact) mass is 215 g/mol. The van der Waals surface area contributed by atoms with Gasteiger partial charge in [-0.2, -0.15) is 0 Å². The van der Waals surface area contributed by atoms with Gasteiger partial charge >= 0.3 is 6.03 Å². The predicted molar refractivity (Wildman–Crippen MR) is 62.8 cm³/mol. The number of hydrogen-bond donors (Lipinski definition) is 2. The molecule has 2 N–H and O–H groups in total. The lowest BCUT2D eigenvalue weighted by Crippen LogP contribution is -2.28. The molecular formula is C12H13N3O. The minimum Gasteiger partial charge on any atom is -0.308 e. The molecule has 0 radical (unpaired) electrons. The van der Waals surface area contributed by atoms with Crippen LogP contribution in [0.25, 0.3) is 0 Å². The SMILES string of the molecule is O=C(NC1=CCCC=C1)Nc1ccccn1. The maximum atomic E-state index is 11.5. The Bertz CT molecular complexity index is 423. The molecule has 0 spiro atoms. The van der Waals surface area contributed by atoms with Gasteiger partial charge < -0.3 is 5.32 Å². The summed E-state index contributed by atoms with van der Waals surface area (Å²) < 4.78 is 0. The Balaban J connectivity index is 1.89. The van der Waals surface area contributed by atoms with Crippen molar-refractivity contribution in [1.82, 2.24) is 10.3 Å². The van der Waals surface area contributed by atoms with Crippen LogP contribution >= 0.6 is 0 Å². The summed E-state index contributed by atoms with van der Waals surface area (Å²) in [7, 11) is 0. The Morgan fingerprint density at radius 1 is 1.25 bits per heavy atom. The van der Waals surface area contributed by atoms with Crippen molar-refractivity contribution in [3.63, 3.8) is 0 Å². The lowest BCUT2D eigenvalue weighted by Gasteiger charge is -2.09. The summed E-state index contributed by atoms with van der Waals surface area (Å²) in [4.78, 5) is 15.5. The van der Waals surface area contributed by atoms with Gasteiger partial charge in [-0.25, -0.2) is 9.78 Å². The first-order valence-corrected chi connectivity index (χ1v) is 5.20. The quantitative estimate of drug-likeness (QED) is 0.796.